The van der Waals surface area contributed by atoms with Crippen LogP contribution in [0.25, 0.3) is 0 Å². The van der Waals surface area contributed by atoms with Crippen LogP contribution in [0.1, 0.15) is 22.8 Å². The van der Waals surface area contributed by atoms with Crippen molar-refractivity contribution in [3.05, 3.63) is 58.6 Å². The third kappa shape index (κ3) is 3.77. The number of methoxy groups -OCH3 is 1. The Bertz CT molecular complexity index is 729. The van der Waals surface area contributed by atoms with Gasteiger partial charge in [0.15, 0.2) is 0 Å². The van der Waals surface area contributed by atoms with Gasteiger partial charge < -0.3 is 9.84 Å². The molecule has 6 heteroatoms. The second kappa shape index (κ2) is 6.95. The van der Waals surface area contributed by atoms with Crippen LogP contribution in [0.3, 0.4) is 0 Å². The van der Waals surface area contributed by atoms with Crippen LogP contribution in [0.2, 0.25) is 5.02 Å². The molecule has 114 valence electrons. The molecule has 2 aromatic carbocycles. The fourth-order valence-corrected chi connectivity index (χ4v) is 2.04. The van der Waals surface area contributed by atoms with Crippen molar-refractivity contribution in [3.63, 3.8) is 0 Å². The first-order valence-electron chi connectivity index (χ1n) is 6.49. The first kappa shape index (κ1) is 15.9. The number of nitrogens with zero attached hydrogens (tertiary/aromatic N) is 1. The summed E-state index contributed by atoms with van der Waals surface area (Å²) in [5, 5.41) is 14.0. The second-order valence-electron chi connectivity index (χ2n) is 4.53. The molecule has 0 heterocycles. The molecule has 0 saturated carbocycles. The Morgan fingerprint density at radius 2 is 2.05 bits per heavy atom. The van der Waals surface area contributed by atoms with Crippen molar-refractivity contribution in [2.45, 2.75) is 6.92 Å². The molecular weight excluding hydrogens is 304 g/mol. The zero-order valence-electron chi connectivity index (χ0n) is 12.1. The molecule has 0 saturated heterocycles. The van der Waals surface area contributed by atoms with Crippen molar-refractivity contribution in [2.75, 3.05) is 7.11 Å². The van der Waals surface area contributed by atoms with Crippen LogP contribution in [0, 0.1) is 0 Å². The zero-order valence-corrected chi connectivity index (χ0v) is 12.9. The summed E-state index contributed by atoms with van der Waals surface area (Å²) >= 11 is 5.97. The number of rotatable bonds is 4. The lowest BCUT2D eigenvalue weighted by molar-refractivity contribution is 0.0954. The van der Waals surface area contributed by atoms with E-state index in [1.165, 1.54) is 12.1 Å². The summed E-state index contributed by atoms with van der Waals surface area (Å²) in [6, 6.07) is 11.2. The molecule has 5 nitrogen and oxygen atoms in total. The minimum Gasteiger partial charge on any atom is -0.508 e. The molecule has 1 amide bonds. The maximum Gasteiger partial charge on any atom is 0.271 e. The molecule has 0 aromatic heterocycles. The van der Waals surface area contributed by atoms with Gasteiger partial charge in [0, 0.05) is 16.1 Å². The van der Waals surface area contributed by atoms with E-state index in [2.05, 4.69) is 10.5 Å². The third-order valence-electron chi connectivity index (χ3n) is 2.98. The normalized spacial score (nSPS) is 11.1. The summed E-state index contributed by atoms with van der Waals surface area (Å²) in [5.74, 6) is 0.207. The first-order chi connectivity index (χ1) is 10.5. The zero-order chi connectivity index (χ0) is 16.1. The van der Waals surface area contributed by atoms with Crippen LogP contribution in [-0.2, 0) is 0 Å². The number of hydrogen-bond acceptors (Lipinski definition) is 4. The van der Waals surface area contributed by atoms with Crippen molar-refractivity contribution in [1.29, 1.82) is 0 Å². The van der Waals surface area contributed by atoms with Gasteiger partial charge >= 0.3 is 0 Å². The van der Waals surface area contributed by atoms with E-state index in [4.69, 9.17) is 16.3 Å². The van der Waals surface area contributed by atoms with Crippen molar-refractivity contribution < 1.29 is 14.6 Å². The number of hydrogen-bond donors (Lipinski definition) is 2. The number of phenols is 1. The van der Waals surface area contributed by atoms with Crippen molar-refractivity contribution >= 4 is 23.2 Å². The van der Waals surface area contributed by atoms with Gasteiger partial charge in [-0.05, 0) is 43.3 Å². The Kier molecular flexibility index (Phi) is 5.01. The van der Waals surface area contributed by atoms with Crippen LogP contribution < -0.4 is 10.2 Å². The first-order valence-corrected chi connectivity index (χ1v) is 6.86. The van der Waals surface area contributed by atoms with Gasteiger partial charge in [0.05, 0.1) is 12.8 Å². The Morgan fingerprint density at radius 3 is 2.73 bits per heavy atom. The van der Waals surface area contributed by atoms with Crippen LogP contribution in [-0.4, -0.2) is 23.8 Å². The number of aromatic hydroxyl groups is 1. The lowest BCUT2D eigenvalue weighted by Crippen LogP contribution is -2.19. The van der Waals surface area contributed by atoms with Gasteiger partial charge in [-0.2, -0.15) is 5.10 Å². The average molecular weight is 319 g/mol. The summed E-state index contributed by atoms with van der Waals surface area (Å²) < 4.78 is 5.24. The van der Waals surface area contributed by atoms with Crippen molar-refractivity contribution in [3.8, 4) is 11.5 Å². The fourth-order valence-electron chi connectivity index (χ4n) is 1.87. The minimum atomic E-state index is -0.420. The smallest absolute Gasteiger partial charge is 0.271 e. The Labute approximate surface area is 133 Å². The summed E-state index contributed by atoms with van der Waals surface area (Å²) in [5.41, 5.74) is 3.98. The highest BCUT2D eigenvalue weighted by Crippen LogP contribution is 2.23. The molecule has 22 heavy (non-hydrogen) atoms. The lowest BCUT2D eigenvalue weighted by atomic mass is 10.1. The van der Waals surface area contributed by atoms with E-state index in [0.717, 1.165) is 0 Å². The molecule has 0 radical (unpaired) electrons. The highest BCUT2D eigenvalue weighted by Gasteiger charge is 2.09. The number of nitrogens with one attached hydrogen (secondary N) is 1. The SMILES string of the molecule is COc1ccc(Cl)cc1/C(C)=N\NC(=O)c1cccc(O)c1. The molecule has 0 fully saturated rings. The lowest BCUT2D eigenvalue weighted by Gasteiger charge is -2.09. The van der Waals surface area contributed by atoms with E-state index in [1.807, 2.05) is 0 Å². The Balaban J connectivity index is 2.19. The number of hydrazone groups is 1. The standard InChI is InChI=1S/C16H15ClN2O3/c1-10(14-9-12(17)6-7-15(14)22-2)18-19-16(21)11-4-3-5-13(20)8-11/h3-9,20H,1-2H3,(H,19,21)/b18-10-. The van der Waals surface area contributed by atoms with E-state index in [1.54, 1.807) is 44.4 Å². The van der Waals surface area contributed by atoms with Gasteiger partial charge in [-0.1, -0.05) is 17.7 Å². The number of carbonyl (C=O) groups excluding carboxylic acids is 1. The Morgan fingerprint density at radius 1 is 1.27 bits per heavy atom. The number of benzene rings is 2. The van der Waals surface area contributed by atoms with Gasteiger partial charge in [-0.25, -0.2) is 5.43 Å². The van der Waals surface area contributed by atoms with Gasteiger partial charge in [-0.15, -0.1) is 0 Å². The molecule has 2 rings (SSSR count). The van der Waals surface area contributed by atoms with E-state index in [0.29, 0.717) is 27.6 Å². The number of ether oxygens (including phenoxy) is 1. The second-order valence-corrected chi connectivity index (χ2v) is 4.97. The molecule has 0 atom stereocenters. The maximum absolute atomic E-state index is 12.0. The molecule has 0 aliphatic rings. The molecule has 0 bridgehead atoms. The average Bonchev–Trinajstić information content (AvgIpc) is 2.52. The number of halogens is 1. The predicted molar refractivity (Wildman–Crippen MR) is 85.8 cm³/mol. The van der Waals surface area contributed by atoms with E-state index < -0.39 is 5.91 Å². The fraction of sp³-hybridized carbons (Fsp3) is 0.125. The maximum atomic E-state index is 12.0. The van der Waals surface area contributed by atoms with Crippen LogP contribution in [0.15, 0.2) is 47.6 Å². The molecular formula is C16H15ClN2O3. The largest absolute Gasteiger partial charge is 0.508 e. The number of phenolic OH excluding ortho intramolecular Hbond substituents is 1. The molecule has 0 unspecified atom stereocenters. The summed E-state index contributed by atoms with van der Waals surface area (Å²) in [6.07, 6.45) is 0. The van der Waals surface area contributed by atoms with E-state index in [9.17, 15) is 9.90 Å². The van der Waals surface area contributed by atoms with Crippen LogP contribution in [0.5, 0.6) is 11.5 Å². The molecule has 0 aliphatic carbocycles. The van der Waals surface area contributed by atoms with Gasteiger partial charge in [0.25, 0.3) is 5.91 Å². The Hall–Kier alpha value is -2.53. The van der Waals surface area contributed by atoms with Gasteiger partial charge in [-0.3, -0.25) is 4.79 Å². The summed E-state index contributed by atoms with van der Waals surface area (Å²) in [4.78, 5) is 12.0. The van der Waals surface area contributed by atoms with E-state index >= 15 is 0 Å². The molecule has 2 N–H and O–H groups in total. The van der Waals surface area contributed by atoms with E-state index in [-0.39, 0.29) is 5.75 Å². The topological polar surface area (TPSA) is 70.9 Å². The predicted octanol–water partition coefficient (Wildman–Crippen LogP) is 3.21. The van der Waals surface area contributed by atoms with Crippen molar-refractivity contribution in [2.24, 2.45) is 5.10 Å². The highest BCUT2D eigenvalue weighted by atomic mass is 35.5. The van der Waals surface area contributed by atoms with Crippen molar-refractivity contribution in [1.82, 2.24) is 5.43 Å². The summed E-state index contributed by atoms with van der Waals surface area (Å²) in [7, 11) is 1.55. The highest BCUT2D eigenvalue weighted by molar-refractivity contribution is 6.31. The summed E-state index contributed by atoms with van der Waals surface area (Å²) in [6.45, 7) is 1.73. The molecule has 2 aromatic rings. The molecule has 0 spiro atoms. The minimum absolute atomic E-state index is 0.0184. The quantitative estimate of drug-likeness (QED) is 0.671. The number of carbonyl (C=O) groups is 1. The van der Waals surface area contributed by atoms with Crippen LogP contribution >= 0.6 is 11.6 Å². The molecule has 0 aliphatic heterocycles. The van der Waals surface area contributed by atoms with Gasteiger partial charge in [0.1, 0.15) is 11.5 Å². The monoisotopic (exact) mass is 318 g/mol. The number of amides is 1. The third-order valence-corrected chi connectivity index (χ3v) is 3.22. The van der Waals surface area contributed by atoms with Crippen LogP contribution in [0.4, 0.5) is 0 Å². The van der Waals surface area contributed by atoms with Gasteiger partial charge in [0.2, 0.25) is 0 Å².